The number of amides is 1. The number of H-pyrrole nitrogens is 1. The standard InChI is InChI=1S/C14H16N2O/c1-10-4-3-5-12(8-10)9-16-14(17)13-6-7-15-11(13)2/h3-8,15H,9H2,1-2H3,(H,16,17). The fourth-order valence-corrected chi connectivity index (χ4v) is 1.80. The lowest BCUT2D eigenvalue weighted by atomic mass is 10.1. The highest BCUT2D eigenvalue weighted by Crippen LogP contribution is 2.06. The number of rotatable bonds is 3. The van der Waals surface area contributed by atoms with Gasteiger partial charge in [0.2, 0.25) is 0 Å². The Morgan fingerprint density at radius 1 is 1.29 bits per heavy atom. The molecule has 1 heterocycles. The lowest BCUT2D eigenvalue weighted by molar-refractivity contribution is 0.0950. The molecule has 0 aliphatic rings. The van der Waals surface area contributed by atoms with Crippen molar-refractivity contribution in [3.8, 4) is 0 Å². The highest BCUT2D eigenvalue weighted by atomic mass is 16.1. The van der Waals surface area contributed by atoms with Crippen LogP contribution in [0, 0.1) is 13.8 Å². The van der Waals surface area contributed by atoms with Gasteiger partial charge in [-0.05, 0) is 25.5 Å². The van der Waals surface area contributed by atoms with E-state index in [0.717, 1.165) is 11.3 Å². The molecule has 0 aliphatic carbocycles. The van der Waals surface area contributed by atoms with E-state index in [1.165, 1.54) is 5.56 Å². The number of aromatic nitrogens is 1. The van der Waals surface area contributed by atoms with Crippen LogP contribution >= 0.6 is 0 Å². The monoisotopic (exact) mass is 228 g/mol. The summed E-state index contributed by atoms with van der Waals surface area (Å²) in [5.41, 5.74) is 3.92. The van der Waals surface area contributed by atoms with E-state index < -0.39 is 0 Å². The fourth-order valence-electron chi connectivity index (χ4n) is 1.80. The van der Waals surface area contributed by atoms with E-state index in [2.05, 4.69) is 16.4 Å². The van der Waals surface area contributed by atoms with Crippen molar-refractivity contribution >= 4 is 5.91 Å². The van der Waals surface area contributed by atoms with Gasteiger partial charge in [0.1, 0.15) is 0 Å². The van der Waals surface area contributed by atoms with Crippen molar-refractivity contribution in [2.75, 3.05) is 0 Å². The van der Waals surface area contributed by atoms with Crippen LogP contribution in [-0.2, 0) is 6.54 Å². The molecule has 1 aromatic carbocycles. The Labute approximate surface area is 101 Å². The molecule has 2 aromatic rings. The van der Waals surface area contributed by atoms with Crippen LogP contribution in [0.15, 0.2) is 36.5 Å². The number of hydrogen-bond acceptors (Lipinski definition) is 1. The molecule has 0 atom stereocenters. The molecule has 3 heteroatoms. The molecule has 17 heavy (non-hydrogen) atoms. The highest BCUT2D eigenvalue weighted by molar-refractivity contribution is 5.95. The van der Waals surface area contributed by atoms with Gasteiger partial charge in [-0.1, -0.05) is 29.8 Å². The van der Waals surface area contributed by atoms with Crippen molar-refractivity contribution in [2.24, 2.45) is 0 Å². The van der Waals surface area contributed by atoms with E-state index in [4.69, 9.17) is 0 Å². The second-order valence-electron chi connectivity index (χ2n) is 4.19. The van der Waals surface area contributed by atoms with Crippen molar-refractivity contribution in [2.45, 2.75) is 20.4 Å². The maximum Gasteiger partial charge on any atom is 0.253 e. The lowest BCUT2D eigenvalue weighted by Gasteiger charge is -2.05. The topological polar surface area (TPSA) is 44.9 Å². The van der Waals surface area contributed by atoms with Crippen molar-refractivity contribution in [3.63, 3.8) is 0 Å². The minimum Gasteiger partial charge on any atom is -0.365 e. The molecular formula is C14H16N2O. The number of carbonyl (C=O) groups excluding carboxylic acids is 1. The highest BCUT2D eigenvalue weighted by Gasteiger charge is 2.08. The summed E-state index contributed by atoms with van der Waals surface area (Å²) in [4.78, 5) is 14.8. The Bertz CT molecular complexity index is 529. The first-order valence-electron chi connectivity index (χ1n) is 5.64. The zero-order valence-electron chi connectivity index (χ0n) is 10.1. The van der Waals surface area contributed by atoms with Crippen molar-refractivity contribution in [3.05, 3.63) is 58.9 Å². The first kappa shape index (κ1) is 11.5. The van der Waals surface area contributed by atoms with Crippen LogP contribution in [0.1, 0.15) is 27.2 Å². The Kier molecular flexibility index (Phi) is 3.28. The van der Waals surface area contributed by atoms with E-state index in [-0.39, 0.29) is 5.91 Å². The quantitative estimate of drug-likeness (QED) is 0.833. The van der Waals surface area contributed by atoms with Crippen molar-refractivity contribution in [1.82, 2.24) is 10.3 Å². The van der Waals surface area contributed by atoms with Crippen LogP contribution in [0.2, 0.25) is 0 Å². The van der Waals surface area contributed by atoms with Gasteiger partial charge >= 0.3 is 0 Å². The first-order chi connectivity index (χ1) is 8.16. The Hall–Kier alpha value is -2.03. The van der Waals surface area contributed by atoms with Crippen LogP contribution in [0.4, 0.5) is 0 Å². The third-order valence-corrected chi connectivity index (χ3v) is 2.73. The van der Waals surface area contributed by atoms with Gasteiger partial charge in [-0.25, -0.2) is 0 Å². The average Bonchev–Trinajstić information content (AvgIpc) is 2.72. The number of aromatic amines is 1. The van der Waals surface area contributed by atoms with Crippen LogP contribution in [0.25, 0.3) is 0 Å². The third-order valence-electron chi connectivity index (χ3n) is 2.73. The summed E-state index contributed by atoms with van der Waals surface area (Å²) in [6.07, 6.45) is 1.77. The van der Waals surface area contributed by atoms with Crippen molar-refractivity contribution in [1.29, 1.82) is 0 Å². The molecule has 0 saturated carbocycles. The fraction of sp³-hybridized carbons (Fsp3) is 0.214. The van der Waals surface area contributed by atoms with Gasteiger partial charge < -0.3 is 10.3 Å². The van der Waals surface area contributed by atoms with Gasteiger partial charge in [0.15, 0.2) is 0 Å². The molecule has 0 saturated heterocycles. The summed E-state index contributed by atoms with van der Waals surface area (Å²) in [5, 5.41) is 2.91. The smallest absolute Gasteiger partial charge is 0.253 e. The maximum absolute atomic E-state index is 11.9. The van der Waals surface area contributed by atoms with Gasteiger partial charge in [-0.15, -0.1) is 0 Å². The Morgan fingerprint density at radius 3 is 2.76 bits per heavy atom. The maximum atomic E-state index is 11.9. The molecule has 0 fully saturated rings. The van der Waals surface area contributed by atoms with Crippen LogP contribution in [0.3, 0.4) is 0 Å². The second kappa shape index (κ2) is 4.87. The van der Waals surface area contributed by atoms with Gasteiger partial charge in [0.25, 0.3) is 5.91 Å². The molecule has 0 aliphatic heterocycles. The summed E-state index contributed by atoms with van der Waals surface area (Å²) in [6, 6.07) is 9.92. The summed E-state index contributed by atoms with van der Waals surface area (Å²) < 4.78 is 0. The first-order valence-corrected chi connectivity index (χ1v) is 5.64. The molecule has 0 spiro atoms. The molecule has 88 valence electrons. The van der Waals surface area contributed by atoms with E-state index in [9.17, 15) is 4.79 Å². The Balaban J connectivity index is 1.99. The molecule has 2 rings (SSSR count). The summed E-state index contributed by atoms with van der Waals surface area (Å²) in [5.74, 6) is -0.0368. The zero-order chi connectivity index (χ0) is 12.3. The molecule has 3 nitrogen and oxygen atoms in total. The van der Waals surface area contributed by atoms with E-state index in [1.807, 2.05) is 32.0 Å². The number of hydrogen-bond donors (Lipinski definition) is 2. The molecule has 2 N–H and O–H groups in total. The van der Waals surface area contributed by atoms with Crippen LogP contribution < -0.4 is 5.32 Å². The Morgan fingerprint density at radius 2 is 2.12 bits per heavy atom. The minimum atomic E-state index is -0.0368. The van der Waals surface area contributed by atoms with Crippen LogP contribution in [-0.4, -0.2) is 10.9 Å². The van der Waals surface area contributed by atoms with Crippen LogP contribution in [0.5, 0.6) is 0 Å². The van der Waals surface area contributed by atoms with E-state index in [1.54, 1.807) is 12.3 Å². The summed E-state index contributed by atoms with van der Waals surface area (Å²) in [6.45, 7) is 4.49. The second-order valence-corrected chi connectivity index (χ2v) is 4.19. The minimum absolute atomic E-state index is 0.0368. The lowest BCUT2D eigenvalue weighted by Crippen LogP contribution is -2.23. The molecule has 0 unspecified atom stereocenters. The SMILES string of the molecule is Cc1cccc(CNC(=O)c2cc[nH]c2C)c1. The molecule has 1 aromatic heterocycles. The van der Waals surface area contributed by atoms with Gasteiger partial charge in [0.05, 0.1) is 5.56 Å². The van der Waals surface area contributed by atoms with E-state index in [0.29, 0.717) is 12.1 Å². The average molecular weight is 228 g/mol. The molecule has 1 amide bonds. The zero-order valence-corrected chi connectivity index (χ0v) is 10.1. The van der Waals surface area contributed by atoms with Crippen molar-refractivity contribution < 1.29 is 4.79 Å². The molecule has 0 bridgehead atoms. The van der Waals surface area contributed by atoms with Gasteiger partial charge in [-0.3, -0.25) is 4.79 Å². The van der Waals surface area contributed by atoms with Gasteiger partial charge in [0, 0.05) is 18.4 Å². The predicted molar refractivity (Wildman–Crippen MR) is 67.9 cm³/mol. The largest absolute Gasteiger partial charge is 0.365 e. The normalized spacial score (nSPS) is 10.2. The van der Waals surface area contributed by atoms with E-state index >= 15 is 0 Å². The summed E-state index contributed by atoms with van der Waals surface area (Å²) >= 11 is 0. The molecule has 0 radical (unpaired) electrons. The number of benzene rings is 1. The third kappa shape index (κ3) is 2.75. The van der Waals surface area contributed by atoms with Gasteiger partial charge in [-0.2, -0.15) is 0 Å². The summed E-state index contributed by atoms with van der Waals surface area (Å²) in [7, 11) is 0. The number of nitrogens with one attached hydrogen (secondary N) is 2. The number of aryl methyl sites for hydroxylation is 2. The predicted octanol–water partition coefficient (Wildman–Crippen LogP) is 2.56. The number of carbonyl (C=O) groups is 1. The molecular weight excluding hydrogens is 212 g/mol.